The van der Waals surface area contributed by atoms with Crippen LogP contribution >= 0.6 is 0 Å². The number of benzene rings is 1. The van der Waals surface area contributed by atoms with E-state index in [9.17, 15) is 21.6 Å². The van der Waals surface area contributed by atoms with Gasteiger partial charge in [0.15, 0.2) is 9.84 Å². The monoisotopic (exact) mass is 430 g/mol. The van der Waals surface area contributed by atoms with E-state index >= 15 is 0 Å². The molecular formula is C19H25F3N4O2S. The predicted molar refractivity (Wildman–Crippen MR) is 107 cm³/mol. The summed E-state index contributed by atoms with van der Waals surface area (Å²) in [7, 11) is -3.28. The quantitative estimate of drug-likeness (QED) is 0.665. The number of nitrogens with zero attached hydrogens (tertiary/aromatic N) is 1. The van der Waals surface area contributed by atoms with Gasteiger partial charge in [-0.05, 0) is 37.5 Å². The fourth-order valence-electron chi connectivity index (χ4n) is 3.53. The Morgan fingerprint density at radius 2 is 2.07 bits per heavy atom. The molecule has 0 aromatic heterocycles. The zero-order valence-electron chi connectivity index (χ0n) is 16.3. The van der Waals surface area contributed by atoms with E-state index < -0.39 is 32.5 Å². The van der Waals surface area contributed by atoms with Gasteiger partial charge >= 0.3 is 6.18 Å². The maximum absolute atomic E-state index is 13.5. The second-order valence-corrected chi connectivity index (χ2v) is 10.1. The number of hydrogen-bond donors (Lipinski definition) is 3. The number of nitrogens with two attached hydrogens (primary N) is 1. The summed E-state index contributed by atoms with van der Waals surface area (Å²) in [5.41, 5.74) is 4.51. The molecule has 0 radical (unpaired) electrons. The average molecular weight is 430 g/mol. The van der Waals surface area contributed by atoms with Crippen LogP contribution < -0.4 is 16.4 Å². The Balaban J connectivity index is 1.87. The van der Waals surface area contributed by atoms with Crippen LogP contribution in [0, 0.1) is 5.92 Å². The van der Waals surface area contributed by atoms with Crippen molar-refractivity contribution < 1.29 is 21.6 Å². The minimum Gasteiger partial charge on any atom is -0.332 e. The molecule has 1 saturated carbocycles. The molecule has 6 nitrogen and oxygen atoms in total. The smallest absolute Gasteiger partial charge is 0.332 e. The molecule has 2 atom stereocenters. The second kappa shape index (κ2) is 7.64. The molecule has 1 heterocycles. The summed E-state index contributed by atoms with van der Waals surface area (Å²) >= 11 is 0. The van der Waals surface area contributed by atoms with Crippen LogP contribution in [0.5, 0.6) is 0 Å². The standard InChI is InChI=1S/C19H25F3N4O2S/c1-3-29(27,28)12(2)13-6-4-9-15(10-13)25-17-24-11-16(19(20,21)22)18(23,26-17)14-7-5-8-14/h4,6,9-12,14H,3,5,7-8,23H2,1-2H3,(H2,24,25,26). The molecule has 0 spiro atoms. The van der Waals surface area contributed by atoms with E-state index in [0.29, 0.717) is 24.1 Å². The summed E-state index contributed by atoms with van der Waals surface area (Å²) in [5, 5.41) is 4.76. The fourth-order valence-corrected chi connectivity index (χ4v) is 4.59. The molecule has 10 heteroatoms. The van der Waals surface area contributed by atoms with Crippen LogP contribution in [0.4, 0.5) is 18.9 Å². The lowest BCUT2D eigenvalue weighted by atomic mass is 9.72. The van der Waals surface area contributed by atoms with Gasteiger partial charge in [0.1, 0.15) is 5.66 Å². The van der Waals surface area contributed by atoms with Crippen LogP contribution in [0.3, 0.4) is 0 Å². The summed E-state index contributed by atoms with van der Waals surface area (Å²) in [5.74, 6) is -0.270. The van der Waals surface area contributed by atoms with Crippen LogP contribution in [0.15, 0.2) is 41.0 Å². The molecule has 2 unspecified atom stereocenters. The van der Waals surface area contributed by atoms with Crippen LogP contribution in [-0.4, -0.2) is 32.0 Å². The first-order valence-corrected chi connectivity index (χ1v) is 11.2. The number of anilines is 1. The summed E-state index contributed by atoms with van der Waals surface area (Å²) in [4.78, 5) is 4.18. The molecule has 3 rings (SSSR count). The van der Waals surface area contributed by atoms with Gasteiger partial charge in [-0.15, -0.1) is 0 Å². The highest BCUT2D eigenvalue weighted by Crippen LogP contribution is 2.45. The largest absolute Gasteiger partial charge is 0.417 e. The summed E-state index contributed by atoms with van der Waals surface area (Å²) in [6, 6.07) is 6.71. The molecule has 4 N–H and O–H groups in total. The highest BCUT2D eigenvalue weighted by Gasteiger charge is 2.53. The zero-order chi connectivity index (χ0) is 21.4. The molecule has 29 heavy (non-hydrogen) atoms. The Kier molecular flexibility index (Phi) is 5.70. The molecule has 1 aliphatic carbocycles. The van der Waals surface area contributed by atoms with Crippen molar-refractivity contribution in [2.24, 2.45) is 16.6 Å². The molecule has 1 aromatic rings. The van der Waals surface area contributed by atoms with Crippen molar-refractivity contribution in [1.29, 1.82) is 0 Å². The SMILES string of the molecule is CCS(=O)(=O)C(C)c1cccc(NC2=NC(N)(C3CCC3)C(C(F)(F)F)=CN2)c1. The first-order valence-electron chi connectivity index (χ1n) is 9.49. The Bertz CT molecular complexity index is 939. The number of alkyl halides is 3. The third kappa shape index (κ3) is 4.28. The van der Waals surface area contributed by atoms with E-state index in [4.69, 9.17) is 5.73 Å². The van der Waals surface area contributed by atoms with Gasteiger partial charge in [0.2, 0.25) is 5.96 Å². The average Bonchev–Trinajstić information content (AvgIpc) is 2.58. The van der Waals surface area contributed by atoms with Crippen molar-refractivity contribution in [3.8, 4) is 0 Å². The van der Waals surface area contributed by atoms with Gasteiger partial charge in [0.05, 0.1) is 10.8 Å². The van der Waals surface area contributed by atoms with Crippen molar-refractivity contribution in [3.05, 3.63) is 41.6 Å². The molecular weight excluding hydrogens is 405 g/mol. The highest BCUT2D eigenvalue weighted by atomic mass is 32.2. The van der Waals surface area contributed by atoms with Crippen LogP contribution in [0.2, 0.25) is 0 Å². The molecule has 160 valence electrons. The lowest BCUT2D eigenvalue weighted by Gasteiger charge is -2.43. The number of rotatable bonds is 5. The molecule has 0 bridgehead atoms. The molecule has 1 aromatic carbocycles. The lowest BCUT2D eigenvalue weighted by Crippen LogP contribution is -2.57. The number of guanidine groups is 1. The Hall–Kier alpha value is -2.07. The Morgan fingerprint density at radius 3 is 2.62 bits per heavy atom. The second-order valence-electron chi connectivity index (χ2n) is 7.46. The highest BCUT2D eigenvalue weighted by molar-refractivity contribution is 7.91. The van der Waals surface area contributed by atoms with Crippen molar-refractivity contribution in [2.45, 2.75) is 50.2 Å². The Labute approximate surface area is 168 Å². The van der Waals surface area contributed by atoms with Crippen LogP contribution in [0.25, 0.3) is 0 Å². The maximum atomic E-state index is 13.5. The van der Waals surface area contributed by atoms with Gasteiger partial charge in [-0.2, -0.15) is 13.2 Å². The van der Waals surface area contributed by atoms with Gasteiger partial charge in [-0.1, -0.05) is 25.5 Å². The van der Waals surface area contributed by atoms with Crippen LogP contribution in [0.1, 0.15) is 43.9 Å². The Morgan fingerprint density at radius 1 is 1.38 bits per heavy atom. The minimum atomic E-state index is -4.59. The normalized spacial score (nSPS) is 24.1. The molecule has 0 amide bonds. The van der Waals surface area contributed by atoms with Crippen molar-refractivity contribution in [2.75, 3.05) is 11.1 Å². The van der Waals surface area contributed by atoms with Crippen molar-refractivity contribution >= 4 is 21.5 Å². The van der Waals surface area contributed by atoms with E-state index in [-0.39, 0.29) is 17.6 Å². The molecule has 1 aliphatic heterocycles. The van der Waals surface area contributed by atoms with Gasteiger partial charge in [0, 0.05) is 23.6 Å². The topological polar surface area (TPSA) is 96.6 Å². The van der Waals surface area contributed by atoms with Crippen molar-refractivity contribution in [1.82, 2.24) is 5.32 Å². The first-order chi connectivity index (χ1) is 13.5. The van der Waals surface area contributed by atoms with E-state index in [1.165, 1.54) is 0 Å². The predicted octanol–water partition coefficient (Wildman–Crippen LogP) is 3.45. The zero-order valence-corrected chi connectivity index (χ0v) is 17.1. The first kappa shape index (κ1) is 21.6. The van der Waals surface area contributed by atoms with E-state index in [1.807, 2.05) is 0 Å². The van der Waals surface area contributed by atoms with Gasteiger partial charge in [0.25, 0.3) is 0 Å². The number of aliphatic imine (C=N–C) groups is 1. The number of hydrogen-bond acceptors (Lipinski definition) is 6. The minimum absolute atomic E-state index is 0.0161. The van der Waals surface area contributed by atoms with E-state index in [1.54, 1.807) is 38.1 Å². The molecule has 1 fully saturated rings. The lowest BCUT2D eigenvalue weighted by molar-refractivity contribution is -0.106. The van der Waals surface area contributed by atoms with E-state index in [0.717, 1.165) is 12.6 Å². The van der Waals surface area contributed by atoms with Gasteiger partial charge in [-0.25, -0.2) is 13.4 Å². The molecule has 0 saturated heterocycles. The number of halogens is 3. The number of sulfone groups is 1. The van der Waals surface area contributed by atoms with E-state index in [2.05, 4.69) is 15.6 Å². The fraction of sp³-hybridized carbons (Fsp3) is 0.526. The van der Waals surface area contributed by atoms with Crippen molar-refractivity contribution in [3.63, 3.8) is 0 Å². The third-order valence-corrected chi connectivity index (χ3v) is 7.83. The summed E-state index contributed by atoms with van der Waals surface area (Å²) < 4.78 is 64.7. The van der Waals surface area contributed by atoms with Crippen LogP contribution in [-0.2, 0) is 9.84 Å². The maximum Gasteiger partial charge on any atom is 0.417 e. The number of nitrogens with one attached hydrogen (secondary N) is 2. The summed E-state index contributed by atoms with van der Waals surface area (Å²) in [6.45, 7) is 3.19. The molecule has 2 aliphatic rings. The van der Waals surface area contributed by atoms with Gasteiger partial charge in [-0.3, -0.25) is 0 Å². The van der Waals surface area contributed by atoms with Gasteiger partial charge < -0.3 is 16.4 Å². The third-order valence-electron chi connectivity index (χ3n) is 5.67. The summed E-state index contributed by atoms with van der Waals surface area (Å²) in [6.07, 6.45) is -1.73.